The second kappa shape index (κ2) is 4.96. The molecule has 1 heterocycles. The van der Waals surface area contributed by atoms with Gasteiger partial charge in [-0.15, -0.1) is 0 Å². The Kier molecular flexibility index (Phi) is 3.57. The summed E-state index contributed by atoms with van der Waals surface area (Å²) in [7, 11) is 0. The zero-order chi connectivity index (χ0) is 12.4. The van der Waals surface area contributed by atoms with Gasteiger partial charge in [0.15, 0.2) is 0 Å². The van der Waals surface area contributed by atoms with Gasteiger partial charge in [0.1, 0.15) is 0 Å². The highest BCUT2D eigenvalue weighted by atomic mass is 79.9. The molecule has 2 nitrogen and oxygen atoms in total. The summed E-state index contributed by atoms with van der Waals surface area (Å²) in [4.78, 5) is 0. The lowest BCUT2D eigenvalue weighted by Crippen LogP contribution is -2.17. The van der Waals surface area contributed by atoms with E-state index in [1.54, 1.807) is 0 Å². The molecule has 1 N–H and O–H groups in total. The quantitative estimate of drug-likeness (QED) is 0.907. The first kappa shape index (κ1) is 12.2. The minimum absolute atomic E-state index is 0.817. The molecule has 1 aromatic carbocycles. The SMILES string of the molecule is Cc1ccc(CNn2c(C)ccc2C)c(Br)c1. The molecule has 0 unspecified atom stereocenters. The number of aromatic nitrogens is 1. The first-order valence-corrected chi connectivity index (χ1v) is 6.51. The van der Waals surface area contributed by atoms with E-state index in [4.69, 9.17) is 0 Å². The van der Waals surface area contributed by atoms with Crippen LogP contribution in [-0.2, 0) is 6.54 Å². The summed E-state index contributed by atoms with van der Waals surface area (Å²) in [6.07, 6.45) is 0. The molecule has 0 saturated heterocycles. The molecule has 0 aliphatic carbocycles. The average Bonchev–Trinajstić information content (AvgIpc) is 2.58. The summed E-state index contributed by atoms with van der Waals surface area (Å²) in [5.74, 6) is 0. The highest BCUT2D eigenvalue weighted by Crippen LogP contribution is 2.18. The number of nitrogens with zero attached hydrogens (tertiary/aromatic N) is 1. The summed E-state index contributed by atoms with van der Waals surface area (Å²) in [5.41, 5.74) is 8.42. The van der Waals surface area contributed by atoms with Gasteiger partial charge in [0.25, 0.3) is 0 Å². The zero-order valence-electron chi connectivity index (χ0n) is 10.4. The lowest BCUT2D eigenvalue weighted by Gasteiger charge is -2.13. The molecule has 0 amide bonds. The van der Waals surface area contributed by atoms with Crippen LogP contribution in [0.5, 0.6) is 0 Å². The van der Waals surface area contributed by atoms with Crippen molar-refractivity contribution in [2.24, 2.45) is 0 Å². The van der Waals surface area contributed by atoms with Gasteiger partial charge in [-0.2, -0.15) is 0 Å². The van der Waals surface area contributed by atoms with Crippen molar-refractivity contribution in [3.05, 3.63) is 57.3 Å². The lowest BCUT2D eigenvalue weighted by molar-refractivity contribution is 0.790. The molecule has 0 saturated carbocycles. The first-order chi connectivity index (χ1) is 8.08. The molecule has 0 aliphatic rings. The van der Waals surface area contributed by atoms with Gasteiger partial charge in [-0.3, -0.25) is 4.68 Å². The molecule has 0 spiro atoms. The maximum absolute atomic E-state index is 3.60. The lowest BCUT2D eigenvalue weighted by atomic mass is 10.1. The van der Waals surface area contributed by atoms with Crippen LogP contribution in [0.4, 0.5) is 0 Å². The van der Waals surface area contributed by atoms with Crippen LogP contribution in [0.1, 0.15) is 22.5 Å². The number of halogens is 1. The van der Waals surface area contributed by atoms with Crippen molar-refractivity contribution < 1.29 is 0 Å². The van der Waals surface area contributed by atoms with Crippen molar-refractivity contribution in [3.63, 3.8) is 0 Å². The van der Waals surface area contributed by atoms with Crippen LogP contribution in [0.15, 0.2) is 34.8 Å². The summed E-state index contributed by atoms with van der Waals surface area (Å²) in [6.45, 7) is 7.12. The van der Waals surface area contributed by atoms with Gasteiger partial charge in [0.2, 0.25) is 0 Å². The van der Waals surface area contributed by atoms with E-state index < -0.39 is 0 Å². The van der Waals surface area contributed by atoms with Crippen LogP contribution in [-0.4, -0.2) is 4.68 Å². The van der Waals surface area contributed by atoms with Crippen molar-refractivity contribution >= 4 is 15.9 Å². The Morgan fingerprint density at radius 1 is 1.06 bits per heavy atom. The van der Waals surface area contributed by atoms with Crippen LogP contribution in [0, 0.1) is 20.8 Å². The van der Waals surface area contributed by atoms with Crippen LogP contribution in [0.2, 0.25) is 0 Å². The molecule has 90 valence electrons. The standard InChI is InChI=1S/C14H17BrN2/c1-10-4-7-13(14(15)8-10)9-16-17-11(2)5-6-12(17)3/h4-8,16H,9H2,1-3H3. The predicted octanol–water partition coefficient (Wildman–Crippen LogP) is 3.92. The Morgan fingerprint density at radius 3 is 2.29 bits per heavy atom. The maximum Gasteiger partial charge on any atom is 0.0575 e. The minimum Gasteiger partial charge on any atom is -0.321 e. The first-order valence-electron chi connectivity index (χ1n) is 5.72. The fraction of sp³-hybridized carbons (Fsp3) is 0.286. The van der Waals surface area contributed by atoms with Gasteiger partial charge in [-0.05, 0) is 50.1 Å². The molecule has 0 fully saturated rings. The van der Waals surface area contributed by atoms with E-state index in [9.17, 15) is 0 Å². The van der Waals surface area contributed by atoms with Crippen molar-refractivity contribution in [2.45, 2.75) is 27.3 Å². The summed E-state index contributed by atoms with van der Waals surface area (Å²) >= 11 is 3.60. The third-order valence-electron chi connectivity index (χ3n) is 2.91. The fourth-order valence-corrected chi connectivity index (χ4v) is 2.51. The van der Waals surface area contributed by atoms with E-state index in [-0.39, 0.29) is 0 Å². The number of benzene rings is 1. The second-order valence-electron chi connectivity index (χ2n) is 4.38. The average molecular weight is 293 g/mol. The molecular formula is C14H17BrN2. The number of hydrogen-bond acceptors (Lipinski definition) is 1. The Bertz CT molecular complexity index is 510. The smallest absolute Gasteiger partial charge is 0.0575 e. The van der Waals surface area contributed by atoms with Gasteiger partial charge in [0.05, 0.1) is 6.54 Å². The Balaban J connectivity index is 2.13. The normalized spacial score (nSPS) is 10.6. The highest BCUT2D eigenvalue weighted by Gasteiger charge is 2.02. The third-order valence-corrected chi connectivity index (χ3v) is 3.65. The largest absolute Gasteiger partial charge is 0.321 e. The number of rotatable bonds is 3. The molecular weight excluding hydrogens is 276 g/mol. The molecule has 2 rings (SSSR count). The second-order valence-corrected chi connectivity index (χ2v) is 5.24. The van der Waals surface area contributed by atoms with E-state index in [0.717, 1.165) is 11.0 Å². The van der Waals surface area contributed by atoms with Crippen molar-refractivity contribution in [1.29, 1.82) is 0 Å². The van der Waals surface area contributed by atoms with E-state index in [0.29, 0.717) is 0 Å². The monoisotopic (exact) mass is 292 g/mol. The fourth-order valence-electron chi connectivity index (χ4n) is 1.88. The molecule has 0 atom stereocenters. The van der Waals surface area contributed by atoms with Crippen molar-refractivity contribution in [2.75, 3.05) is 5.43 Å². The molecule has 2 aromatic rings. The van der Waals surface area contributed by atoms with Gasteiger partial charge < -0.3 is 5.43 Å². The molecule has 0 radical (unpaired) electrons. The van der Waals surface area contributed by atoms with Gasteiger partial charge >= 0.3 is 0 Å². The zero-order valence-corrected chi connectivity index (χ0v) is 12.0. The molecule has 0 aliphatic heterocycles. The molecule has 0 bridgehead atoms. The van der Waals surface area contributed by atoms with Crippen molar-refractivity contribution in [1.82, 2.24) is 4.68 Å². The molecule has 3 heteroatoms. The van der Waals surface area contributed by atoms with Crippen LogP contribution in [0.25, 0.3) is 0 Å². The van der Waals surface area contributed by atoms with Crippen LogP contribution < -0.4 is 5.43 Å². The summed E-state index contributed by atoms with van der Waals surface area (Å²) in [5, 5.41) is 0. The Morgan fingerprint density at radius 2 is 1.71 bits per heavy atom. The maximum atomic E-state index is 3.60. The number of aryl methyl sites for hydroxylation is 3. The number of nitrogens with one attached hydrogen (secondary N) is 1. The third kappa shape index (κ3) is 2.72. The molecule has 1 aromatic heterocycles. The van der Waals surface area contributed by atoms with Crippen LogP contribution >= 0.6 is 15.9 Å². The predicted molar refractivity (Wildman–Crippen MR) is 75.8 cm³/mol. The van der Waals surface area contributed by atoms with E-state index in [1.165, 1.54) is 22.5 Å². The van der Waals surface area contributed by atoms with E-state index in [2.05, 4.69) is 77.1 Å². The van der Waals surface area contributed by atoms with Crippen molar-refractivity contribution in [3.8, 4) is 0 Å². The van der Waals surface area contributed by atoms with E-state index >= 15 is 0 Å². The minimum atomic E-state index is 0.817. The Hall–Kier alpha value is -1.22. The molecule has 17 heavy (non-hydrogen) atoms. The van der Waals surface area contributed by atoms with Gasteiger partial charge in [-0.25, -0.2) is 0 Å². The van der Waals surface area contributed by atoms with E-state index in [1.807, 2.05) is 0 Å². The summed E-state index contributed by atoms with van der Waals surface area (Å²) in [6, 6.07) is 10.7. The van der Waals surface area contributed by atoms with Crippen LogP contribution in [0.3, 0.4) is 0 Å². The van der Waals surface area contributed by atoms with Gasteiger partial charge in [-0.1, -0.05) is 28.1 Å². The Labute approximate surface area is 111 Å². The number of hydrogen-bond donors (Lipinski definition) is 1. The topological polar surface area (TPSA) is 17.0 Å². The summed E-state index contributed by atoms with van der Waals surface area (Å²) < 4.78 is 3.28. The van der Waals surface area contributed by atoms with Gasteiger partial charge in [0, 0.05) is 15.9 Å². The highest BCUT2D eigenvalue weighted by molar-refractivity contribution is 9.10.